The normalized spacial score (nSPS) is 12.0. The standard InChI is InChI=1S/C14H18N2O5/c1-4-15-14(19)16-13(18)10(3)21-12(17)8-7-11-6-5-9(2)20-11/h5-8,10H,4H2,1-3H3,(H2,15,16,18,19). The maximum absolute atomic E-state index is 11.5. The van der Waals surface area contributed by atoms with E-state index in [0.717, 1.165) is 11.8 Å². The molecule has 114 valence electrons. The van der Waals surface area contributed by atoms with Crippen molar-refractivity contribution in [3.63, 3.8) is 0 Å². The molecule has 0 aliphatic carbocycles. The highest BCUT2D eigenvalue weighted by atomic mass is 16.5. The van der Waals surface area contributed by atoms with Crippen LogP contribution in [-0.4, -0.2) is 30.6 Å². The first kappa shape index (κ1) is 16.5. The van der Waals surface area contributed by atoms with Gasteiger partial charge in [-0.15, -0.1) is 0 Å². The first-order chi connectivity index (χ1) is 9.92. The predicted octanol–water partition coefficient (Wildman–Crippen LogP) is 1.38. The molecule has 1 rings (SSSR count). The van der Waals surface area contributed by atoms with Crippen LogP contribution in [0.4, 0.5) is 4.79 Å². The summed E-state index contributed by atoms with van der Waals surface area (Å²) in [6, 6.07) is 2.82. The van der Waals surface area contributed by atoms with E-state index in [0.29, 0.717) is 12.3 Å². The van der Waals surface area contributed by atoms with E-state index >= 15 is 0 Å². The lowest BCUT2D eigenvalue weighted by molar-refractivity contribution is -0.149. The summed E-state index contributed by atoms with van der Waals surface area (Å²) in [4.78, 5) is 34.2. The number of imide groups is 1. The van der Waals surface area contributed by atoms with Gasteiger partial charge in [0.15, 0.2) is 6.10 Å². The SMILES string of the molecule is CCNC(=O)NC(=O)C(C)OC(=O)C=Cc1ccc(C)o1. The molecule has 1 unspecified atom stereocenters. The number of amides is 3. The van der Waals surface area contributed by atoms with Crippen molar-refractivity contribution in [2.75, 3.05) is 6.54 Å². The molecule has 0 aromatic carbocycles. The van der Waals surface area contributed by atoms with Crippen molar-refractivity contribution >= 4 is 24.0 Å². The number of hydrogen-bond donors (Lipinski definition) is 2. The molecule has 0 fully saturated rings. The molecule has 0 aliphatic heterocycles. The number of carbonyl (C=O) groups is 3. The van der Waals surface area contributed by atoms with Gasteiger partial charge in [-0.3, -0.25) is 10.1 Å². The Labute approximate surface area is 122 Å². The first-order valence-corrected chi connectivity index (χ1v) is 6.46. The molecule has 1 heterocycles. The van der Waals surface area contributed by atoms with E-state index in [-0.39, 0.29) is 0 Å². The Balaban J connectivity index is 2.44. The van der Waals surface area contributed by atoms with E-state index in [9.17, 15) is 14.4 Å². The Morgan fingerprint density at radius 3 is 2.67 bits per heavy atom. The second-order valence-corrected chi connectivity index (χ2v) is 4.21. The average Bonchev–Trinajstić information content (AvgIpc) is 2.82. The minimum Gasteiger partial charge on any atom is -0.462 e. The minimum atomic E-state index is -1.08. The van der Waals surface area contributed by atoms with Crippen LogP contribution in [0.15, 0.2) is 22.6 Å². The third-order valence-electron chi connectivity index (χ3n) is 2.38. The number of esters is 1. The Hall–Kier alpha value is -2.57. The number of furan rings is 1. The first-order valence-electron chi connectivity index (χ1n) is 6.46. The zero-order valence-corrected chi connectivity index (χ0v) is 12.1. The molecule has 2 N–H and O–H groups in total. The van der Waals surface area contributed by atoms with Crippen LogP contribution in [0.1, 0.15) is 25.4 Å². The third-order valence-corrected chi connectivity index (χ3v) is 2.38. The van der Waals surface area contributed by atoms with Gasteiger partial charge >= 0.3 is 12.0 Å². The zero-order valence-electron chi connectivity index (χ0n) is 12.1. The summed E-state index contributed by atoms with van der Waals surface area (Å²) in [6.07, 6.45) is 1.50. The van der Waals surface area contributed by atoms with Crippen molar-refractivity contribution in [1.82, 2.24) is 10.6 Å². The molecule has 1 aromatic heterocycles. The Morgan fingerprint density at radius 2 is 2.10 bits per heavy atom. The van der Waals surface area contributed by atoms with Crippen LogP contribution in [0.2, 0.25) is 0 Å². The van der Waals surface area contributed by atoms with Crippen molar-refractivity contribution in [2.45, 2.75) is 26.9 Å². The largest absolute Gasteiger partial charge is 0.462 e. The van der Waals surface area contributed by atoms with Crippen molar-refractivity contribution < 1.29 is 23.5 Å². The molecule has 0 radical (unpaired) electrons. The molecule has 1 aromatic rings. The number of carbonyl (C=O) groups excluding carboxylic acids is 3. The van der Waals surface area contributed by atoms with E-state index in [2.05, 4.69) is 10.6 Å². The van der Waals surface area contributed by atoms with Crippen molar-refractivity contribution in [3.8, 4) is 0 Å². The molecule has 21 heavy (non-hydrogen) atoms. The highest BCUT2D eigenvalue weighted by Gasteiger charge is 2.18. The maximum atomic E-state index is 11.5. The van der Waals surface area contributed by atoms with Gasteiger partial charge in [0.2, 0.25) is 0 Å². The molecule has 0 saturated heterocycles. The summed E-state index contributed by atoms with van der Waals surface area (Å²) in [6.45, 7) is 5.26. The Morgan fingerprint density at radius 1 is 1.38 bits per heavy atom. The molecule has 7 heteroatoms. The lowest BCUT2D eigenvalue weighted by Crippen LogP contribution is -2.44. The molecular formula is C14H18N2O5. The molecule has 0 spiro atoms. The van der Waals surface area contributed by atoms with Crippen LogP contribution in [0.3, 0.4) is 0 Å². The summed E-state index contributed by atoms with van der Waals surface area (Å²) in [7, 11) is 0. The topological polar surface area (TPSA) is 97.6 Å². The molecule has 0 bridgehead atoms. The number of rotatable bonds is 5. The highest BCUT2D eigenvalue weighted by Crippen LogP contribution is 2.08. The number of hydrogen-bond acceptors (Lipinski definition) is 5. The zero-order chi connectivity index (χ0) is 15.8. The molecule has 3 amide bonds. The van der Waals surface area contributed by atoms with Gasteiger partial charge in [-0.1, -0.05) is 0 Å². The van der Waals surface area contributed by atoms with Gasteiger partial charge < -0.3 is 14.5 Å². The van der Waals surface area contributed by atoms with Gasteiger partial charge in [0, 0.05) is 12.6 Å². The van der Waals surface area contributed by atoms with Crippen molar-refractivity contribution in [3.05, 3.63) is 29.7 Å². The number of nitrogens with one attached hydrogen (secondary N) is 2. The van der Waals surface area contributed by atoms with Gasteiger partial charge in [0.05, 0.1) is 0 Å². The van der Waals surface area contributed by atoms with Crippen LogP contribution in [0.25, 0.3) is 6.08 Å². The van der Waals surface area contributed by atoms with Crippen molar-refractivity contribution in [1.29, 1.82) is 0 Å². The maximum Gasteiger partial charge on any atom is 0.331 e. The molecule has 0 aliphatic rings. The van der Waals surface area contributed by atoms with Crippen LogP contribution >= 0.6 is 0 Å². The van der Waals surface area contributed by atoms with E-state index in [1.165, 1.54) is 13.0 Å². The second-order valence-electron chi connectivity index (χ2n) is 4.21. The van der Waals surface area contributed by atoms with E-state index in [4.69, 9.17) is 9.15 Å². The fraction of sp³-hybridized carbons (Fsp3) is 0.357. The smallest absolute Gasteiger partial charge is 0.331 e. The highest BCUT2D eigenvalue weighted by molar-refractivity contribution is 5.98. The Bertz CT molecular complexity index is 547. The quantitative estimate of drug-likeness (QED) is 0.631. The van der Waals surface area contributed by atoms with Gasteiger partial charge in [-0.25, -0.2) is 9.59 Å². The number of ether oxygens (including phenoxy) is 1. The minimum absolute atomic E-state index is 0.387. The van der Waals surface area contributed by atoms with Gasteiger partial charge in [0.1, 0.15) is 11.5 Å². The lowest BCUT2D eigenvalue weighted by atomic mass is 10.3. The van der Waals surface area contributed by atoms with E-state index in [1.54, 1.807) is 26.0 Å². The van der Waals surface area contributed by atoms with Gasteiger partial charge in [-0.2, -0.15) is 0 Å². The average molecular weight is 294 g/mol. The monoisotopic (exact) mass is 294 g/mol. The molecule has 7 nitrogen and oxygen atoms in total. The van der Waals surface area contributed by atoms with E-state index < -0.39 is 24.0 Å². The molecular weight excluding hydrogens is 276 g/mol. The van der Waals surface area contributed by atoms with Crippen LogP contribution < -0.4 is 10.6 Å². The molecule has 1 atom stereocenters. The van der Waals surface area contributed by atoms with Gasteiger partial charge in [0.25, 0.3) is 5.91 Å². The fourth-order valence-corrected chi connectivity index (χ4v) is 1.38. The Kier molecular flexibility index (Phi) is 6.19. The van der Waals surface area contributed by atoms with E-state index in [1.807, 2.05) is 0 Å². The summed E-state index contributed by atoms with van der Waals surface area (Å²) in [5, 5.41) is 4.45. The fourth-order valence-electron chi connectivity index (χ4n) is 1.38. The summed E-state index contributed by atoms with van der Waals surface area (Å²) < 4.78 is 10.1. The van der Waals surface area contributed by atoms with Crippen LogP contribution in [0.5, 0.6) is 0 Å². The predicted molar refractivity (Wildman–Crippen MR) is 75.2 cm³/mol. The number of aryl methyl sites for hydroxylation is 1. The van der Waals surface area contributed by atoms with Crippen LogP contribution in [0, 0.1) is 6.92 Å². The number of urea groups is 1. The second kappa shape index (κ2) is 7.88. The van der Waals surface area contributed by atoms with Gasteiger partial charge in [-0.05, 0) is 39.0 Å². The van der Waals surface area contributed by atoms with Crippen molar-refractivity contribution in [2.24, 2.45) is 0 Å². The molecule has 0 saturated carbocycles. The third kappa shape index (κ3) is 5.94. The summed E-state index contributed by atoms with van der Waals surface area (Å²) >= 11 is 0. The lowest BCUT2D eigenvalue weighted by Gasteiger charge is -2.11. The summed E-state index contributed by atoms with van der Waals surface area (Å²) in [5.74, 6) is -0.180. The summed E-state index contributed by atoms with van der Waals surface area (Å²) in [5.41, 5.74) is 0. The van der Waals surface area contributed by atoms with Crippen LogP contribution in [-0.2, 0) is 14.3 Å².